The van der Waals surface area contributed by atoms with Crippen LogP contribution in [0.1, 0.15) is 0 Å². The van der Waals surface area contributed by atoms with Crippen LogP contribution in [0.25, 0.3) is 0 Å². The first-order valence-corrected chi connectivity index (χ1v) is 1.82. The van der Waals surface area contributed by atoms with Crippen LogP contribution in [0.3, 0.4) is 0 Å². The van der Waals surface area contributed by atoms with Crippen LogP contribution in [0, 0.1) is 0 Å². The summed E-state index contributed by atoms with van der Waals surface area (Å²) in [6.45, 7) is 0. The summed E-state index contributed by atoms with van der Waals surface area (Å²) in [4.78, 5) is 0. The molecule has 8 heavy (non-hydrogen) atoms. The second-order valence-electron chi connectivity index (χ2n) is 0.894. The summed E-state index contributed by atoms with van der Waals surface area (Å²) in [5, 5.41) is 0. The molecule has 0 radical (unpaired) electrons. The van der Waals surface area contributed by atoms with Crippen molar-refractivity contribution in [3.05, 3.63) is 0 Å². The first-order valence-electron chi connectivity index (χ1n) is 1.12. The van der Waals surface area contributed by atoms with Gasteiger partial charge in [0.1, 0.15) is 0 Å². The molecule has 0 heterocycles. The van der Waals surface area contributed by atoms with Gasteiger partial charge in [-0.2, -0.15) is 0 Å². The molecule has 0 spiro atoms. The van der Waals surface area contributed by atoms with Gasteiger partial charge in [0.25, 0.3) is 0 Å². The smallest absolute Gasteiger partial charge is 1.00 e. The summed E-state index contributed by atoms with van der Waals surface area (Å²) in [7, 11) is 4.00. The average Bonchev–Trinajstić information content (AvgIpc) is 0.811. The molecule has 0 atom stereocenters. The molecule has 0 amide bonds. The van der Waals surface area contributed by atoms with Crippen molar-refractivity contribution >= 4 is 0 Å². The van der Waals surface area contributed by atoms with Gasteiger partial charge in [-0.25, -0.2) is 0 Å². The molecule has 0 bridgehead atoms. The molecule has 0 N–H and O–H groups in total. The van der Waals surface area contributed by atoms with Gasteiger partial charge in [-0.15, -0.1) is 0 Å². The van der Waals surface area contributed by atoms with Crippen LogP contribution in [0.2, 0.25) is 0 Å². The Morgan fingerprint density at radius 3 is 0.875 bits per heavy atom. The predicted octanol–water partition coefficient (Wildman–Crippen LogP) is -12.0. The van der Waals surface area contributed by atoms with Gasteiger partial charge in [-0.3, -0.25) is 0 Å². The average molecular weight is 234 g/mol. The van der Waals surface area contributed by atoms with E-state index < -0.39 is 0 Å². The van der Waals surface area contributed by atoms with Gasteiger partial charge in [0, 0.05) is 0 Å². The zero-order valence-corrected chi connectivity index (χ0v) is 9.04. The van der Waals surface area contributed by atoms with Crippen molar-refractivity contribution in [1.29, 1.82) is 0 Å². The van der Waals surface area contributed by atoms with Crippen molar-refractivity contribution in [3.8, 4) is 0 Å². The number of rotatable bonds is 0. The standard InChI is InChI=1S/C2H6N.4ClH.Ti/c1-3-2;;;;;/h1-2H3;4*1H;/q-1;;;;;+5/p-4. The molecule has 1 nitrogen and oxygen atoms in total. The van der Waals surface area contributed by atoms with Gasteiger partial charge in [-0.1, -0.05) is 0 Å². The van der Waals surface area contributed by atoms with Crippen LogP contribution in [0.4, 0.5) is 0 Å². The molecule has 6 heteroatoms. The van der Waals surface area contributed by atoms with Crippen LogP contribution >= 0.6 is 0 Å². The van der Waals surface area contributed by atoms with E-state index in [9.17, 15) is 0 Å². The predicted molar refractivity (Wildman–Crippen MR) is 13.7 cm³/mol. The maximum atomic E-state index is 2.00. The molecule has 0 aromatic carbocycles. The van der Waals surface area contributed by atoms with E-state index in [0.29, 0.717) is 0 Å². The Balaban J connectivity index is -0.00000000750. The van der Waals surface area contributed by atoms with Crippen molar-refractivity contribution < 1.29 is 70.3 Å². The summed E-state index contributed by atoms with van der Waals surface area (Å²) in [5.74, 6) is 0. The maximum absolute atomic E-state index is 2.00. The maximum Gasteiger partial charge on any atom is -1.00 e. The quantitative estimate of drug-likeness (QED) is 0.376. The second-order valence-corrected chi connectivity index (χ2v) is 2.29. The molecule has 0 aromatic rings. The fourth-order valence-electron chi connectivity index (χ4n) is 0. The molecule has 0 unspecified atom stereocenters. The SMILES string of the molecule is C[N](C)[Ti+4].[Cl-].[Cl-].[Cl-].[Cl-]. The van der Waals surface area contributed by atoms with E-state index in [1.807, 2.05) is 38.2 Å². The van der Waals surface area contributed by atoms with Crippen LogP contribution in [-0.4, -0.2) is 17.5 Å². The van der Waals surface area contributed by atoms with Crippen molar-refractivity contribution in [2.75, 3.05) is 14.1 Å². The minimum absolute atomic E-state index is 0. The fourth-order valence-corrected chi connectivity index (χ4v) is 0. The summed E-state index contributed by atoms with van der Waals surface area (Å²) in [6, 6.07) is 0. The number of hydrogen-bond acceptors (Lipinski definition) is 1. The van der Waals surface area contributed by atoms with E-state index >= 15 is 0 Å². The molecule has 0 aliphatic rings. The van der Waals surface area contributed by atoms with E-state index in [-0.39, 0.29) is 49.6 Å². The van der Waals surface area contributed by atoms with E-state index in [4.69, 9.17) is 0 Å². The van der Waals surface area contributed by atoms with Crippen molar-refractivity contribution in [3.63, 3.8) is 0 Å². The topological polar surface area (TPSA) is 3.24 Å². The van der Waals surface area contributed by atoms with Crippen LogP contribution in [-0.2, 0) is 20.7 Å². The van der Waals surface area contributed by atoms with Gasteiger partial charge >= 0.3 is 38.2 Å². The van der Waals surface area contributed by atoms with Crippen molar-refractivity contribution in [2.45, 2.75) is 0 Å². The summed E-state index contributed by atoms with van der Waals surface area (Å²) in [6.07, 6.45) is 0. The Labute approximate surface area is 87.3 Å². The summed E-state index contributed by atoms with van der Waals surface area (Å²) in [5.41, 5.74) is 0. The van der Waals surface area contributed by atoms with Crippen LogP contribution in [0.15, 0.2) is 0 Å². The number of nitrogens with zero attached hydrogens (tertiary/aromatic N) is 1. The zero-order chi connectivity index (χ0) is 3.58. The second kappa shape index (κ2) is 23.2. The van der Waals surface area contributed by atoms with Crippen LogP contribution in [0.5, 0.6) is 0 Å². The molecule has 0 aliphatic heterocycles. The third-order valence-corrected chi connectivity index (χ3v) is 0. The zero-order valence-electron chi connectivity index (χ0n) is 4.46. The van der Waals surface area contributed by atoms with Crippen LogP contribution < -0.4 is 49.6 Å². The molecule has 0 saturated carbocycles. The van der Waals surface area contributed by atoms with Gasteiger partial charge < -0.3 is 49.6 Å². The molecular formula is C2H6Cl4NTi. The third kappa shape index (κ3) is 109. The fraction of sp³-hybridized carbons (Fsp3) is 1.00. The van der Waals surface area contributed by atoms with Gasteiger partial charge in [0.2, 0.25) is 0 Å². The Morgan fingerprint density at radius 1 is 0.875 bits per heavy atom. The molecule has 0 fully saturated rings. The molecule has 0 aliphatic carbocycles. The number of halogens is 4. The van der Waals surface area contributed by atoms with Crippen molar-refractivity contribution in [1.82, 2.24) is 3.38 Å². The van der Waals surface area contributed by atoms with Gasteiger partial charge in [0.05, 0.1) is 0 Å². The normalized spacial score (nSPS) is 4.62. The van der Waals surface area contributed by atoms with Gasteiger partial charge in [0.15, 0.2) is 0 Å². The summed E-state index contributed by atoms with van der Waals surface area (Å²) < 4.78 is 2.00. The van der Waals surface area contributed by atoms with E-state index in [2.05, 4.69) is 0 Å². The minimum atomic E-state index is 0. The van der Waals surface area contributed by atoms with E-state index in [0.717, 1.165) is 0 Å². The monoisotopic (exact) mass is 232 g/mol. The minimum Gasteiger partial charge on any atom is -1.00 e. The summed E-state index contributed by atoms with van der Waals surface area (Å²) >= 11 is 2.00. The molecular weight excluding hydrogens is 228 g/mol. The Hall–Kier alpha value is 1.83. The Morgan fingerprint density at radius 2 is 0.875 bits per heavy atom. The van der Waals surface area contributed by atoms with E-state index in [1.165, 1.54) is 0 Å². The first-order chi connectivity index (χ1) is 1.73. The third-order valence-electron chi connectivity index (χ3n) is 0. The molecule has 0 rings (SSSR count). The largest absolute Gasteiger partial charge is 1.00 e. The molecule has 51 valence electrons. The van der Waals surface area contributed by atoms with Gasteiger partial charge in [-0.05, 0) is 0 Å². The number of hydrogen-bond donors (Lipinski definition) is 0. The van der Waals surface area contributed by atoms with E-state index in [1.54, 1.807) is 0 Å². The molecule has 0 aromatic heterocycles. The molecule has 0 saturated heterocycles. The Bertz CT molecular complexity index is 18.8. The van der Waals surface area contributed by atoms with Crippen molar-refractivity contribution in [2.24, 2.45) is 0 Å². The Kier molecular flexibility index (Phi) is 95.2. The first kappa shape index (κ1) is 32.8.